The first kappa shape index (κ1) is 67.0. The molecule has 2 saturated heterocycles. The number of carbonyl (C=O) groups is 4. The van der Waals surface area contributed by atoms with Gasteiger partial charge >= 0.3 is 11.8 Å². The highest BCUT2D eigenvalue weighted by molar-refractivity contribution is 7.87. The smallest absolute Gasteiger partial charge is 0.312 e. The van der Waals surface area contributed by atoms with Crippen molar-refractivity contribution in [3.05, 3.63) is 64.7 Å². The summed E-state index contributed by atoms with van der Waals surface area (Å²) in [5, 5.41) is 0. The lowest BCUT2D eigenvalue weighted by Gasteiger charge is -2.36. The van der Waals surface area contributed by atoms with E-state index in [4.69, 9.17) is 4.74 Å². The molecule has 2 aliphatic heterocycles. The van der Waals surface area contributed by atoms with Gasteiger partial charge in [0.15, 0.2) is 0 Å². The maximum Gasteiger partial charge on any atom is 0.312 e. The third kappa shape index (κ3) is 23.6. The Balaban J connectivity index is 0.000000489. The summed E-state index contributed by atoms with van der Waals surface area (Å²) in [7, 11) is -1.52. The summed E-state index contributed by atoms with van der Waals surface area (Å²) >= 11 is 0. The second kappa shape index (κ2) is 31.1. The number of rotatable bonds is 19. The fourth-order valence-corrected chi connectivity index (χ4v) is 10.2. The highest BCUT2D eigenvalue weighted by Gasteiger charge is 2.38. The molecule has 4 amide bonds. The molecule has 2 heterocycles. The number of amides is 4. The SMILES string of the molecule is CCCCN1CCN(CC(C)(C)C)C(=O)C1=O.CCCCN1CCN(CC(C)(C)C)S1(=O)=O.CCCN(CCC)C(=O)c1cc(OC)cc(C(C)(C)C)c1.CCCN(CCC)C(=O)c1cccc(C(C)(C)C)c1. The Morgan fingerprint density at radius 1 is 0.534 bits per heavy atom. The van der Waals surface area contributed by atoms with E-state index in [9.17, 15) is 27.6 Å². The lowest BCUT2D eigenvalue weighted by atomic mass is 9.86. The van der Waals surface area contributed by atoms with E-state index < -0.39 is 10.2 Å². The summed E-state index contributed by atoms with van der Waals surface area (Å²) < 4.78 is 32.9. The predicted molar refractivity (Wildman–Crippen MR) is 304 cm³/mol. The third-order valence-electron chi connectivity index (χ3n) is 12.3. The van der Waals surface area contributed by atoms with E-state index >= 15 is 0 Å². The molecular formula is C59H104N6O7S. The molecule has 73 heavy (non-hydrogen) atoms. The van der Waals surface area contributed by atoms with E-state index in [1.165, 1.54) is 5.56 Å². The van der Waals surface area contributed by atoms with E-state index in [2.05, 4.69) is 131 Å². The Morgan fingerprint density at radius 2 is 0.973 bits per heavy atom. The highest BCUT2D eigenvalue weighted by atomic mass is 32.2. The molecule has 2 aromatic rings. The molecule has 4 rings (SSSR count). The molecule has 0 atom stereocenters. The molecule has 0 radical (unpaired) electrons. The van der Waals surface area contributed by atoms with Crippen molar-refractivity contribution in [3.8, 4) is 5.75 Å². The normalized spacial score (nSPS) is 15.4. The van der Waals surface area contributed by atoms with Gasteiger partial charge < -0.3 is 24.3 Å². The van der Waals surface area contributed by atoms with Crippen LogP contribution in [-0.4, -0.2) is 146 Å². The first-order chi connectivity index (χ1) is 33.8. The minimum atomic E-state index is -3.17. The van der Waals surface area contributed by atoms with Gasteiger partial charge in [0.05, 0.1) is 7.11 Å². The number of ether oxygens (including phenoxy) is 1. The van der Waals surface area contributed by atoms with Gasteiger partial charge in [-0.25, -0.2) is 0 Å². The number of methoxy groups -OCH3 is 1. The zero-order chi connectivity index (χ0) is 56.0. The summed E-state index contributed by atoms with van der Waals surface area (Å²) in [6, 6.07) is 13.9. The average Bonchev–Trinajstić information content (AvgIpc) is 3.58. The summed E-state index contributed by atoms with van der Waals surface area (Å²) in [6.45, 7) is 46.5. The summed E-state index contributed by atoms with van der Waals surface area (Å²) in [4.78, 5) is 56.3. The van der Waals surface area contributed by atoms with Crippen LogP contribution in [0.1, 0.15) is 208 Å². The molecule has 2 aromatic carbocycles. The number of hydrogen-bond acceptors (Lipinski definition) is 7. The lowest BCUT2D eigenvalue weighted by Crippen LogP contribution is -2.55. The molecule has 14 heteroatoms. The van der Waals surface area contributed by atoms with Crippen LogP contribution in [0.2, 0.25) is 0 Å². The molecule has 0 spiro atoms. The van der Waals surface area contributed by atoms with Crippen LogP contribution in [-0.2, 0) is 30.6 Å². The van der Waals surface area contributed by atoms with Gasteiger partial charge in [-0.1, -0.05) is 150 Å². The summed E-state index contributed by atoms with van der Waals surface area (Å²) in [5.74, 6) is 0.354. The Labute approximate surface area is 446 Å². The molecule has 0 aliphatic carbocycles. The van der Waals surface area contributed by atoms with Crippen molar-refractivity contribution in [1.82, 2.24) is 28.2 Å². The minimum Gasteiger partial charge on any atom is -0.497 e. The first-order valence-electron chi connectivity index (χ1n) is 27.6. The van der Waals surface area contributed by atoms with E-state index in [1.54, 1.807) is 25.5 Å². The van der Waals surface area contributed by atoms with Crippen LogP contribution in [0.3, 0.4) is 0 Å². The molecule has 13 nitrogen and oxygen atoms in total. The van der Waals surface area contributed by atoms with Crippen LogP contribution in [0.15, 0.2) is 42.5 Å². The van der Waals surface area contributed by atoms with Gasteiger partial charge in [-0.15, -0.1) is 0 Å². The standard InChI is InChI=1S/C18H29NO2.C17H27NO.C13H24N2O2.C11H24N2O2S/c1-7-9-19(10-8-2)17(20)14-11-15(18(3,4)5)13-16(12-14)21-6;1-6-11-18(12-7-2)16(19)14-9-8-10-15(13-14)17(3,4)5;1-5-6-7-14-8-9-15(10-13(2,3)4)12(17)11(14)16;1-5-6-7-12-8-9-13(16(12,14)15)10-11(2,3)4/h11-13H,7-10H2,1-6H3;8-10,13H,6-7,11-12H2,1-5H3;5-10H2,1-4H3;5-10H2,1-4H3. The van der Waals surface area contributed by atoms with E-state index in [0.29, 0.717) is 52.4 Å². The molecule has 2 fully saturated rings. The second-order valence-electron chi connectivity index (χ2n) is 24.2. The topological polar surface area (TPSA) is 131 Å². The van der Waals surface area contributed by atoms with E-state index in [0.717, 1.165) is 100.0 Å². The molecule has 418 valence electrons. The van der Waals surface area contributed by atoms with Gasteiger partial charge in [-0.2, -0.15) is 17.0 Å². The maximum atomic E-state index is 12.7. The van der Waals surface area contributed by atoms with Crippen molar-refractivity contribution >= 4 is 33.8 Å². The monoisotopic (exact) mass is 1040 g/mol. The summed E-state index contributed by atoms with van der Waals surface area (Å²) in [6.07, 6.45) is 7.95. The molecular weight excluding hydrogens is 937 g/mol. The number of nitrogens with zero attached hydrogens (tertiary/aromatic N) is 6. The van der Waals surface area contributed by atoms with E-state index in [-0.39, 0.29) is 45.3 Å². The lowest BCUT2D eigenvalue weighted by molar-refractivity contribution is -0.156. The second-order valence-corrected chi connectivity index (χ2v) is 26.1. The van der Waals surface area contributed by atoms with Crippen molar-refractivity contribution in [2.24, 2.45) is 10.8 Å². The zero-order valence-corrected chi connectivity index (χ0v) is 50.4. The first-order valence-corrected chi connectivity index (χ1v) is 29.0. The Morgan fingerprint density at radius 3 is 1.42 bits per heavy atom. The molecule has 2 aliphatic rings. The van der Waals surface area contributed by atoms with Crippen molar-refractivity contribution in [3.63, 3.8) is 0 Å². The minimum absolute atomic E-state index is 0.0100. The quantitative estimate of drug-likeness (QED) is 0.128. The zero-order valence-electron chi connectivity index (χ0n) is 49.6. The fraction of sp³-hybridized carbons (Fsp3) is 0.729. The fourth-order valence-electron chi connectivity index (χ4n) is 8.34. The number of piperazine rings is 1. The van der Waals surface area contributed by atoms with Crippen LogP contribution in [0.5, 0.6) is 5.75 Å². The van der Waals surface area contributed by atoms with Crippen LogP contribution < -0.4 is 4.74 Å². The van der Waals surface area contributed by atoms with Crippen LogP contribution in [0.4, 0.5) is 0 Å². The van der Waals surface area contributed by atoms with Crippen LogP contribution in [0.25, 0.3) is 0 Å². The van der Waals surface area contributed by atoms with Crippen molar-refractivity contribution < 1.29 is 32.3 Å². The van der Waals surface area contributed by atoms with E-state index in [1.807, 2.05) is 46.2 Å². The maximum absolute atomic E-state index is 12.7. The van der Waals surface area contributed by atoms with Gasteiger partial charge in [0.2, 0.25) is 0 Å². The van der Waals surface area contributed by atoms with Crippen molar-refractivity contribution in [1.29, 1.82) is 0 Å². The van der Waals surface area contributed by atoms with Gasteiger partial charge in [0, 0.05) is 89.7 Å². The molecule has 0 saturated carbocycles. The number of carbonyl (C=O) groups excluding carboxylic acids is 4. The van der Waals surface area contributed by atoms with Crippen molar-refractivity contribution in [2.45, 2.75) is 187 Å². The van der Waals surface area contributed by atoms with Gasteiger partial charge in [0.1, 0.15) is 5.75 Å². The Hall–Kier alpha value is -4.01. The predicted octanol–water partition coefficient (Wildman–Crippen LogP) is 11.7. The van der Waals surface area contributed by atoms with Gasteiger partial charge in [-0.3, -0.25) is 19.2 Å². The number of hydrogen-bond donors (Lipinski definition) is 0. The number of benzene rings is 2. The molecule has 0 aromatic heterocycles. The Kier molecular flexibility index (Phi) is 28.6. The number of unbranched alkanes of at least 4 members (excludes halogenated alkanes) is 2. The van der Waals surface area contributed by atoms with Crippen LogP contribution >= 0.6 is 0 Å². The largest absolute Gasteiger partial charge is 0.497 e. The third-order valence-corrected chi connectivity index (χ3v) is 14.3. The summed E-state index contributed by atoms with van der Waals surface area (Å²) in [5.41, 5.74) is 4.01. The van der Waals surface area contributed by atoms with Gasteiger partial charge in [-0.05, 0) is 102 Å². The van der Waals surface area contributed by atoms with Gasteiger partial charge in [0.25, 0.3) is 22.0 Å². The van der Waals surface area contributed by atoms with Crippen molar-refractivity contribution in [2.75, 3.05) is 85.6 Å². The molecule has 0 N–H and O–H groups in total. The Bertz CT molecular complexity index is 2090. The van der Waals surface area contributed by atoms with Crippen LogP contribution in [0, 0.1) is 10.8 Å². The molecule has 0 unspecified atom stereocenters. The molecule has 0 bridgehead atoms. The highest BCUT2D eigenvalue weighted by Crippen LogP contribution is 2.29. The average molecular weight is 1040 g/mol.